The number of hydrogen-bond acceptors (Lipinski definition) is 6. The van der Waals surface area contributed by atoms with Crippen molar-refractivity contribution >= 4 is 23.5 Å². The molecule has 0 unspecified atom stereocenters. The molecule has 4 aliphatic rings. The molecule has 0 radical (unpaired) electrons. The van der Waals surface area contributed by atoms with Crippen LogP contribution in [0.4, 0.5) is 5.82 Å². The first-order chi connectivity index (χ1) is 12.5. The molecule has 7 heteroatoms. The highest BCUT2D eigenvalue weighted by molar-refractivity contribution is 7.99. The fraction of sp³-hybridized carbons (Fsp3) is 0.684. The lowest BCUT2D eigenvalue weighted by atomic mass is 9.49. The first-order valence-electron chi connectivity index (χ1n) is 9.36. The van der Waals surface area contributed by atoms with E-state index >= 15 is 0 Å². The molecule has 2 N–H and O–H groups in total. The molecule has 138 valence electrons. The van der Waals surface area contributed by atoms with Gasteiger partial charge in [-0.15, -0.1) is 0 Å². The lowest BCUT2D eigenvalue weighted by Gasteiger charge is -2.57. The number of rotatable bonds is 5. The molecule has 0 aromatic carbocycles. The number of carbonyl (C=O) groups excluding carboxylic acids is 1. The normalized spacial score (nSPS) is 31.6. The largest absolute Gasteiger partial charge is 0.382 e. The van der Waals surface area contributed by atoms with Crippen LogP contribution in [-0.4, -0.2) is 40.1 Å². The summed E-state index contributed by atoms with van der Waals surface area (Å²) >= 11 is 1.28. The molecule has 0 atom stereocenters. The first kappa shape index (κ1) is 17.6. The Morgan fingerprint density at radius 2 is 1.96 bits per heavy atom. The number of anilines is 1. The van der Waals surface area contributed by atoms with Crippen LogP contribution in [0.15, 0.2) is 11.4 Å². The Balaban J connectivity index is 1.34. The maximum atomic E-state index is 12.6. The van der Waals surface area contributed by atoms with E-state index in [1.807, 2.05) is 18.0 Å². The first-order valence-corrected chi connectivity index (χ1v) is 10.3. The van der Waals surface area contributed by atoms with Crippen molar-refractivity contribution in [3.63, 3.8) is 0 Å². The van der Waals surface area contributed by atoms with Crippen LogP contribution >= 0.6 is 11.8 Å². The van der Waals surface area contributed by atoms with Gasteiger partial charge in [-0.25, -0.2) is 9.97 Å². The van der Waals surface area contributed by atoms with Crippen LogP contribution in [0.1, 0.15) is 44.1 Å². The SMILES string of the molecule is CN(CC12CC3CC(CC(C3)C1)C2)C(=O)CSc1ncc(C#N)c(N)n1. The molecule has 0 aliphatic heterocycles. The Bertz CT molecular complexity index is 724. The van der Waals surface area contributed by atoms with E-state index in [0.717, 1.165) is 24.3 Å². The van der Waals surface area contributed by atoms with Crippen molar-refractivity contribution in [2.45, 2.75) is 43.7 Å². The van der Waals surface area contributed by atoms with Gasteiger partial charge in [0.25, 0.3) is 0 Å². The Kier molecular flexibility index (Phi) is 4.55. The van der Waals surface area contributed by atoms with E-state index in [4.69, 9.17) is 11.0 Å². The average molecular weight is 372 g/mol. The third-order valence-electron chi connectivity index (χ3n) is 6.40. The molecule has 5 rings (SSSR count). The van der Waals surface area contributed by atoms with E-state index in [-0.39, 0.29) is 17.3 Å². The van der Waals surface area contributed by atoms with Crippen LogP contribution in [-0.2, 0) is 4.79 Å². The molecule has 26 heavy (non-hydrogen) atoms. The molecular formula is C19H25N5OS. The zero-order chi connectivity index (χ0) is 18.3. The number of hydrogen-bond donors (Lipinski definition) is 1. The highest BCUT2D eigenvalue weighted by atomic mass is 32.2. The number of aromatic nitrogens is 2. The van der Waals surface area contributed by atoms with Crippen molar-refractivity contribution in [2.24, 2.45) is 23.2 Å². The monoisotopic (exact) mass is 371 g/mol. The van der Waals surface area contributed by atoms with Gasteiger partial charge in [0, 0.05) is 13.6 Å². The molecule has 4 saturated carbocycles. The van der Waals surface area contributed by atoms with Gasteiger partial charge >= 0.3 is 0 Å². The fourth-order valence-corrected chi connectivity index (χ4v) is 6.61. The summed E-state index contributed by atoms with van der Waals surface area (Å²) in [5.74, 6) is 3.27. The van der Waals surface area contributed by atoms with Gasteiger partial charge in [0.15, 0.2) is 5.16 Å². The smallest absolute Gasteiger partial charge is 0.232 e. The zero-order valence-corrected chi connectivity index (χ0v) is 16.0. The number of nitrogen functional groups attached to an aromatic ring is 1. The Hall–Kier alpha value is -1.81. The summed E-state index contributed by atoms with van der Waals surface area (Å²) in [6, 6.07) is 1.94. The fourth-order valence-electron chi connectivity index (χ4n) is 5.85. The maximum Gasteiger partial charge on any atom is 0.232 e. The molecule has 1 aromatic heterocycles. The summed E-state index contributed by atoms with van der Waals surface area (Å²) in [5, 5.41) is 9.31. The second-order valence-electron chi connectivity index (χ2n) is 8.52. The predicted molar refractivity (Wildman–Crippen MR) is 100 cm³/mol. The number of nitrogens with zero attached hydrogens (tertiary/aromatic N) is 4. The van der Waals surface area contributed by atoms with Crippen molar-refractivity contribution in [1.29, 1.82) is 5.26 Å². The Labute approximate surface area is 158 Å². The standard InChI is InChI=1S/C19H25N5OS/c1-24(11-19-5-12-2-13(6-19)4-14(3-12)7-19)16(25)10-26-18-22-9-15(8-20)17(21)23-18/h9,12-14H,2-7,10-11H2,1H3,(H2,21,22,23). The van der Waals surface area contributed by atoms with Crippen LogP contribution in [0.25, 0.3) is 0 Å². The molecule has 4 bridgehead atoms. The van der Waals surface area contributed by atoms with E-state index in [1.54, 1.807) is 0 Å². The third kappa shape index (κ3) is 3.39. The summed E-state index contributed by atoms with van der Waals surface area (Å²) in [7, 11) is 1.93. The third-order valence-corrected chi connectivity index (χ3v) is 7.25. The molecule has 0 saturated heterocycles. The van der Waals surface area contributed by atoms with E-state index in [9.17, 15) is 4.79 Å². The number of carbonyl (C=O) groups is 1. The molecule has 1 heterocycles. The van der Waals surface area contributed by atoms with E-state index in [1.165, 1.54) is 56.5 Å². The minimum atomic E-state index is 0.109. The molecule has 4 aliphatic carbocycles. The number of nitriles is 1. The molecule has 0 spiro atoms. The molecular weight excluding hydrogens is 346 g/mol. The maximum absolute atomic E-state index is 12.6. The van der Waals surface area contributed by atoms with Crippen LogP contribution in [0, 0.1) is 34.5 Å². The summed E-state index contributed by atoms with van der Waals surface area (Å²) < 4.78 is 0. The van der Waals surface area contributed by atoms with Crippen molar-refractivity contribution in [3.05, 3.63) is 11.8 Å². The van der Waals surface area contributed by atoms with Gasteiger partial charge in [-0.1, -0.05) is 11.8 Å². The second kappa shape index (κ2) is 6.73. The van der Waals surface area contributed by atoms with Gasteiger partial charge in [-0.05, 0) is 61.7 Å². The van der Waals surface area contributed by atoms with Crippen molar-refractivity contribution in [2.75, 3.05) is 25.1 Å². The van der Waals surface area contributed by atoms with Crippen molar-refractivity contribution in [1.82, 2.24) is 14.9 Å². The minimum Gasteiger partial charge on any atom is -0.382 e. The quantitative estimate of drug-likeness (QED) is 0.631. The van der Waals surface area contributed by atoms with Gasteiger partial charge in [0.05, 0.1) is 11.9 Å². The van der Waals surface area contributed by atoms with Crippen LogP contribution < -0.4 is 5.73 Å². The van der Waals surface area contributed by atoms with Crippen LogP contribution in [0.2, 0.25) is 0 Å². The second-order valence-corrected chi connectivity index (χ2v) is 9.46. The summed E-state index contributed by atoms with van der Waals surface area (Å²) in [6.45, 7) is 0.881. The van der Waals surface area contributed by atoms with Gasteiger partial charge in [-0.2, -0.15) is 5.26 Å². The molecule has 6 nitrogen and oxygen atoms in total. The topological polar surface area (TPSA) is 95.9 Å². The van der Waals surface area contributed by atoms with Crippen LogP contribution in [0.5, 0.6) is 0 Å². The van der Waals surface area contributed by atoms with Gasteiger partial charge in [0.1, 0.15) is 17.5 Å². The van der Waals surface area contributed by atoms with E-state index < -0.39 is 0 Å². The van der Waals surface area contributed by atoms with Gasteiger partial charge < -0.3 is 10.6 Å². The number of thioether (sulfide) groups is 1. The molecule has 1 aromatic rings. The zero-order valence-electron chi connectivity index (χ0n) is 15.1. The Morgan fingerprint density at radius 3 is 2.50 bits per heavy atom. The average Bonchev–Trinajstić information content (AvgIpc) is 2.58. The summed E-state index contributed by atoms with van der Waals surface area (Å²) in [4.78, 5) is 22.7. The van der Waals surface area contributed by atoms with E-state index in [2.05, 4.69) is 9.97 Å². The number of nitrogens with two attached hydrogens (primary N) is 1. The van der Waals surface area contributed by atoms with Gasteiger partial charge in [-0.3, -0.25) is 4.79 Å². The highest BCUT2D eigenvalue weighted by Gasteiger charge is 2.51. The minimum absolute atomic E-state index is 0.109. The molecule has 1 amide bonds. The van der Waals surface area contributed by atoms with Crippen molar-refractivity contribution < 1.29 is 4.79 Å². The molecule has 4 fully saturated rings. The lowest BCUT2D eigenvalue weighted by molar-refractivity contribution is -0.132. The highest BCUT2D eigenvalue weighted by Crippen LogP contribution is 2.60. The summed E-state index contributed by atoms with van der Waals surface area (Å²) in [6.07, 6.45) is 9.59. The van der Waals surface area contributed by atoms with Gasteiger partial charge in [0.2, 0.25) is 5.91 Å². The lowest BCUT2D eigenvalue weighted by Crippen LogP contribution is -2.51. The summed E-state index contributed by atoms with van der Waals surface area (Å²) in [5.41, 5.74) is 6.34. The number of amides is 1. The predicted octanol–water partition coefficient (Wildman–Crippen LogP) is 2.70. The van der Waals surface area contributed by atoms with Crippen molar-refractivity contribution in [3.8, 4) is 6.07 Å². The Morgan fingerprint density at radius 1 is 1.35 bits per heavy atom. The van der Waals surface area contributed by atoms with E-state index in [0.29, 0.717) is 16.3 Å². The van der Waals surface area contributed by atoms with Crippen LogP contribution in [0.3, 0.4) is 0 Å².